The first-order valence-electron chi connectivity index (χ1n) is 13.2. The van der Waals surface area contributed by atoms with Gasteiger partial charge in [0.15, 0.2) is 0 Å². The number of ether oxygens (including phenoxy) is 1. The molecule has 3 aromatic rings. The smallest absolute Gasteiger partial charge is 0.264 e. The van der Waals surface area contributed by atoms with Crippen LogP contribution in [0.4, 0.5) is 5.69 Å². The number of hydrogen-bond donors (Lipinski definition) is 1. The van der Waals surface area contributed by atoms with E-state index in [2.05, 4.69) is 27.9 Å². The Hall–Kier alpha value is -3.12. The maximum Gasteiger partial charge on any atom is 0.264 e. The van der Waals surface area contributed by atoms with E-state index in [1.165, 1.54) is 17.0 Å². The fourth-order valence-electron chi connectivity index (χ4n) is 4.14. The summed E-state index contributed by atoms with van der Waals surface area (Å²) in [5.74, 6) is -0.0903. The zero-order valence-corrected chi connectivity index (χ0v) is 26.2. The van der Waals surface area contributed by atoms with Crippen LogP contribution in [0.5, 0.6) is 5.75 Å². The first-order chi connectivity index (χ1) is 19.1. The van der Waals surface area contributed by atoms with Crippen molar-refractivity contribution >= 4 is 50.1 Å². The number of hydrogen-bond acceptors (Lipinski definition) is 5. The predicted octanol–water partition coefficient (Wildman–Crippen LogP) is 5.22. The Labute approximate surface area is 250 Å². The minimum Gasteiger partial charge on any atom is -0.497 e. The third-order valence-corrected chi connectivity index (χ3v) is 9.13. The maximum absolute atomic E-state index is 14.1. The van der Waals surface area contributed by atoms with Crippen LogP contribution in [0, 0.1) is 3.57 Å². The molecule has 40 heavy (non-hydrogen) atoms. The fraction of sp³-hybridized carbons (Fsp3) is 0.333. The van der Waals surface area contributed by atoms with E-state index in [1.54, 1.807) is 61.7 Å². The quantitative estimate of drug-likeness (QED) is 0.251. The van der Waals surface area contributed by atoms with Gasteiger partial charge in [-0.3, -0.25) is 13.9 Å². The molecule has 3 aromatic carbocycles. The Morgan fingerprint density at radius 2 is 1.55 bits per heavy atom. The first kappa shape index (κ1) is 31.4. The summed E-state index contributed by atoms with van der Waals surface area (Å²) >= 11 is 2.14. The third-order valence-electron chi connectivity index (χ3n) is 6.62. The molecule has 0 bridgehead atoms. The molecular formula is C30H36IN3O5S. The van der Waals surface area contributed by atoms with Crippen LogP contribution in [0.3, 0.4) is 0 Å². The van der Waals surface area contributed by atoms with Crippen molar-refractivity contribution in [3.05, 3.63) is 88.0 Å². The van der Waals surface area contributed by atoms with Gasteiger partial charge in [0.05, 0.1) is 17.7 Å². The SMILES string of the molecule is CC[C@@H](C)NC(=O)[C@H](CC)N(Cc1ccc(OC)cc1)C(=O)CN(c1ccc(I)cc1)S(=O)(=O)c1ccccc1. The molecule has 0 fully saturated rings. The Bertz CT molecular complexity index is 1370. The van der Waals surface area contributed by atoms with E-state index in [-0.39, 0.29) is 23.4 Å². The zero-order valence-electron chi connectivity index (χ0n) is 23.2. The van der Waals surface area contributed by atoms with Crippen LogP contribution >= 0.6 is 22.6 Å². The van der Waals surface area contributed by atoms with E-state index < -0.39 is 28.5 Å². The van der Waals surface area contributed by atoms with E-state index in [9.17, 15) is 18.0 Å². The molecule has 0 saturated carbocycles. The van der Waals surface area contributed by atoms with Crippen LogP contribution < -0.4 is 14.4 Å². The van der Waals surface area contributed by atoms with Gasteiger partial charge in [0.2, 0.25) is 11.8 Å². The number of halogens is 1. The molecule has 10 heteroatoms. The topological polar surface area (TPSA) is 96.0 Å². The van der Waals surface area contributed by atoms with Crippen molar-refractivity contribution in [3.63, 3.8) is 0 Å². The lowest BCUT2D eigenvalue weighted by Gasteiger charge is -2.33. The summed E-state index contributed by atoms with van der Waals surface area (Å²) in [6, 6.07) is 21.3. The number of carbonyl (C=O) groups excluding carboxylic acids is 2. The van der Waals surface area contributed by atoms with Crippen LogP contribution in [0.2, 0.25) is 0 Å². The van der Waals surface area contributed by atoms with E-state index in [0.29, 0.717) is 17.9 Å². The molecule has 0 spiro atoms. The van der Waals surface area contributed by atoms with Gasteiger partial charge in [-0.25, -0.2) is 8.42 Å². The van der Waals surface area contributed by atoms with E-state index in [1.807, 2.05) is 32.9 Å². The van der Waals surface area contributed by atoms with Crippen molar-refractivity contribution in [1.29, 1.82) is 0 Å². The molecule has 2 amide bonds. The van der Waals surface area contributed by atoms with Crippen LogP contribution in [-0.2, 0) is 26.2 Å². The zero-order chi connectivity index (χ0) is 29.3. The molecule has 0 aliphatic rings. The largest absolute Gasteiger partial charge is 0.497 e. The molecule has 0 unspecified atom stereocenters. The highest BCUT2D eigenvalue weighted by atomic mass is 127. The van der Waals surface area contributed by atoms with Gasteiger partial charge >= 0.3 is 0 Å². The predicted molar refractivity (Wildman–Crippen MR) is 166 cm³/mol. The molecule has 1 N–H and O–H groups in total. The monoisotopic (exact) mass is 677 g/mol. The summed E-state index contributed by atoms with van der Waals surface area (Å²) in [5, 5.41) is 2.98. The lowest BCUT2D eigenvalue weighted by atomic mass is 10.1. The molecule has 0 aromatic heterocycles. The Morgan fingerprint density at radius 3 is 2.10 bits per heavy atom. The molecule has 2 atom stereocenters. The number of nitrogens with one attached hydrogen (secondary N) is 1. The molecule has 0 aliphatic heterocycles. The summed E-state index contributed by atoms with van der Waals surface area (Å²) < 4.78 is 34.9. The number of rotatable bonds is 13. The third kappa shape index (κ3) is 7.97. The standard InChI is InChI=1S/C30H36IN3O5S/c1-5-22(3)32-30(36)28(6-2)33(20-23-12-18-26(39-4)19-13-23)29(35)21-34(25-16-14-24(31)15-17-25)40(37,38)27-10-8-7-9-11-27/h7-19,22,28H,5-6,20-21H2,1-4H3,(H,32,36)/t22-,28+/m1/s1. The molecule has 8 nitrogen and oxygen atoms in total. The van der Waals surface area contributed by atoms with Crippen LogP contribution in [0.1, 0.15) is 39.2 Å². The second-order valence-corrected chi connectivity index (χ2v) is 12.5. The van der Waals surface area contributed by atoms with Gasteiger partial charge in [-0.1, -0.05) is 44.2 Å². The highest BCUT2D eigenvalue weighted by Gasteiger charge is 2.34. The van der Waals surface area contributed by atoms with Crippen LogP contribution in [0.25, 0.3) is 0 Å². The summed E-state index contributed by atoms with van der Waals surface area (Å²) in [4.78, 5) is 29.0. The highest BCUT2D eigenvalue weighted by molar-refractivity contribution is 14.1. The van der Waals surface area contributed by atoms with Crippen molar-refractivity contribution in [1.82, 2.24) is 10.2 Å². The van der Waals surface area contributed by atoms with Crippen molar-refractivity contribution in [2.75, 3.05) is 18.0 Å². The van der Waals surface area contributed by atoms with Crippen LogP contribution in [-0.4, -0.2) is 50.9 Å². The molecular weight excluding hydrogens is 641 g/mol. The van der Waals surface area contributed by atoms with Crippen molar-refractivity contribution in [2.45, 2.75) is 57.1 Å². The lowest BCUT2D eigenvalue weighted by molar-refractivity contribution is -0.140. The van der Waals surface area contributed by atoms with Crippen molar-refractivity contribution in [2.24, 2.45) is 0 Å². The van der Waals surface area contributed by atoms with Gasteiger partial charge in [0, 0.05) is 16.2 Å². The summed E-state index contributed by atoms with van der Waals surface area (Å²) in [6.07, 6.45) is 1.10. The summed E-state index contributed by atoms with van der Waals surface area (Å²) in [6.45, 7) is 5.37. The summed E-state index contributed by atoms with van der Waals surface area (Å²) in [7, 11) is -2.51. The Kier molecular flexibility index (Phi) is 11.4. The number of nitrogens with zero attached hydrogens (tertiary/aromatic N) is 2. The fourth-order valence-corrected chi connectivity index (χ4v) is 5.94. The van der Waals surface area contributed by atoms with Crippen LogP contribution in [0.15, 0.2) is 83.8 Å². The number of sulfonamides is 1. The van der Waals surface area contributed by atoms with E-state index >= 15 is 0 Å². The van der Waals surface area contributed by atoms with Crippen molar-refractivity contribution in [3.8, 4) is 5.75 Å². The first-order valence-corrected chi connectivity index (χ1v) is 15.7. The molecule has 0 heterocycles. The Balaban J connectivity index is 2.03. The highest BCUT2D eigenvalue weighted by Crippen LogP contribution is 2.26. The Morgan fingerprint density at radius 1 is 0.925 bits per heavy atom. The number of carbonyl (C=O) groups is 2. The molecule has 0 aliphatic carbocycles. The van der Waals surface area contributed by atoms with E-state index in [0.717, 1.165) is 19.9 Å². The number of benzene rings is 3. The molecule has 0 saturated heterocycles. The normalized spacial score (nSPS) is 12.7. The second-order valence-electron chi connectivity index (χ2n) is 9.41. The van der Waals surface area contributed by atoms with Crippen molar-refractivity contribution < 1.29 is 22.7 Å². The van der Waals surface area contributed by atoms with Gasteiger partial charge < -0.3 is 15.0 Å². The number of anilines is 1. The average molecular weight is 678 g/mol. The number of amides is 2. The van der Waals surface area contributed by atoms with E-state index in [4.69, 9.17) is 4.74 Å². The molecule has 0 radical (unpaired) electrons. The molecule has 214 valence electrons. The number of methoxy groups -OCH3 is 1. The lowest BCUT2D eigenvalue weighted by Crippen LogP contribution is -2.53. The second kappa shape index (κ2) is 14.5. The summed E-state index contributed by atoms with van der Waals surface area (Å²) in [5.41, 5.74) is 1.15. The minimum atomic E-state index is -4.09. The van der Waals surface area contributed by atoms with Gasteiger partial charge in [0.25, 0.3) is 10.0 Å². The van der Waals surface area contributed by atoms with Gasteiger partial charge in [-0.2, -0.15) is 0 Å². The van der Waals surface area contributed by atoms with Gasteiger partial charge in [0.1, 0.15) is 18.3 Å². The molecule has 3 rings (SSSR count). The van der Waals surface area contributed by atoms with Gasteiger partial charge in [-0.15, -0.1) is 0 Å². The van der Waals surface area contributed by atoms with Gasteiger partial charge in [-0.05, 0) is 96.5 Å². The minimum absolute atomic E-state index is 0.0683. The average Bonchev–Trinajstić information content (AvgIpc) is 2.96. The maximum atomic E-state index is 14.1.